The van der Waals surface area contributed by atoms with E-state index in [1.165, 1.54) is 25.9 Å². The standard InChI is InChI=1S/C16H26N2O/c1-13(14-5-4-6-15(19)11-14)17-12-16(2)7-9-18(3)10-8-16/h4-6,11,13,17,19H,7-10,12H2,1-3H3. The third-order valence-corrected chi connectivity index (χ3v) is 4.40. The maximum Gasteiger partial charge on any atom is 0.115 e. The summed E-state index contributed by atoms with van der Waals surface area (Å²) in [6.07, 6.45) is 2.51. The molecule has 106 valence electrons. The Morgan fingerprint density at radius 1 is 1.37 bits per heavy atom. The number of hydrogen-bond acceptors (Lipinski definition) is 3. The SMILES string of the molecule is CC(NCC1(C)CCN(C)CC1)c1cccc(O)c1. The first kappa shape index (κ1) is 14.4. The Balaban J connectivity index is 1.88. The van der Waals surface area contributed by atoms with Crippen LogP contribution in [0.5, 0.6) is 5.75 Å². The molecule has 0 saturated carbocycles. The summed E-state index contributed by atoms with van der Waals surface area (Å²) in [5.41, 5.74) is 1.55. The van der Waals surface area contributed by atoms with Gasteiger partial charge in [-0.25, -0.2) is 0 Å². The van der Waals surface area contributed by atoms with E-state index in [1.54, 1.807) is 6.07 Å². The fourth-order valence-electron chi connectivity index (χ4n) is 2.65. The van der Waals surface area contributed by atoms with Gasteiger partial charge in [-0.1, -0.05) is 19.1 Å². The molecule has 1 saturated heterocycles. The first-order valence-corrected chi connectivity index (χ1v) is 7.19. The van der Waals surface area contributed by atoms with Crippen LogP contribution in [0.4, 0.5) is 0 Å². The first-order chi connectivity index (χ1) is 8.98. The van der Waals surface area contributed by atoms with Crippen molar-refractivity contribution in [1.82, 2.24) is 10.2 Å². The summed E-state index contributed by atoms with van der Waals surface area (Å²) in [6.45, 7) is 7.96. The molecule has 0 bridgehead atoms. The monoisotopic (exact) mass is 262 g/mol. The van der Waals surface area contributed by atoms with Gasteiger partial charge in [0.15, 0.2) is 0 Å². The molecule has 1 unspecified atom stereocenters. The molecule has 2 rings (SSSR count). The van der Waals surface area contributed by atoms with Crippen LogP contribution in [0, 0.1) is 5.41 Å². The first-order valence-electron chi connectivity index (χ1n) is 7.19. The van der Waals surface area contributed by atoms with Gasteiger partial charge < -0.3 is 15.3 Å². The third-order valence-electron chi connectivity index (χ3n) is 4.40. The van der Waals surface area contributed by atoms with Crippen LogP contribution in [0.15, 0.2) is 24.3 Å². The highest BCUT2D eigenvalue weighted by Gasteiger charge is 2.28. The van der Waals surface area contributed by atoms with Gasteiger partial charge in [-0.2, -0.15) is 0 Å². The number of hydrogen-bond donors (Lipinski definition) is 2. The highest BCUT2D eigenvalue weighted by atomic mass is 16.3. The van der Waals surface area contributed by atoms with Crippen LogP contribution in [0.2, 0.25) is 0 Å². The molecule has 0 aliphatic carbocycles. The number of rotatable bonds is 4. The Hall–Kier alpha value is -1.06. The van der Waals surface area contributed by atoms with Crippen molar-refractivity contribution in [1.29, 1.82) is 0 Å². The molecular formula is C16H26N2O. The van der Waals surface area contributed by atoms with Crippen LogP contribution < -0.4 is 5.32 Å². The zero-order valence-electron chi connectivity index (χ0n) is 12.3. The predicted molar refractivity (Wildman–Crippen MR) is 79.4 cm³/mol. The van der Waals surface area contributed by atoms with Gasteiger partial charge in [0.2, 0.25) is 0 Å². The normalized spacial score (nSPS) is 21.2. The van der Waals surface area contributed by atoms with E-state index >= 15 is 0 Å². The summed E-state index contributed by atoms with van der Waals surface area (Å²) < 4.78 is 0. The molecule has 2 N–H and O–H groups in total. The Morgan fingerprint density at radius 3 is 2.68 bits per heavy atom. The van der Waals surface area contributed by atoms with Crippen LogP contribution in [0.25, 0.3) is 0 Å². The highest BCUT2D eigenvalue weighted by molar-refractivity contribution is 5.29. The van der Waals surface area contributed by atoms with E-state index in [1.807, 2.05) is 12.1 Å². The summed E-state index contributed by atoms with van der Waals surface area (Å²) in [7, 11) is 2.20. The van der Waals surface area contributed by atoms with Crippen molar-refractivity contribution in [3.63, 3.8) is 0 Å². The average Bonchev–Trinajstić information content (AvgIpc) is 2.40. The lowest BCUT2D eigenvalue weighted by Gasteiger charge is -2.38. The van der Waals surface area contributed by atoms with Crippen molar-refractivity contribution in [2.45, 2.75) is 32.7 Å². The Morgan fingerprint density at radius 2 is 2.05 bits per heavy atom. The molecule has 0 spiro atoms. The van der Waals surface area contributed by atoms with Crippen LogP contribution in [-0.2, 0) is 0 Å². The second-order valence-corrected chi connectivity index (χ2v) is 6.31. The number of benzene rings is 1. The lowest BCUT2D eigenvalue weighted by atomic mass is 9.80. The van der Waals surface area contributed by atoms with Crippen LogP contribution in [0.3, 0.4) is 0 Å². The minimum atomic E-state index is 0.281. The minimum absolute atomic E-state index is 0.281. The van der Waals surface area contributed by atoms with E-state index in [2.05, 4.69) is 37.2 Å². The van der Waals surface area contributed by atoms with E-state index in [4.69, 9.17) is 0 Å². The Bertz CT molecular complexity index is 411. The zero-order chi connectivity index (χ0) is 13.9. The van der Waals surface area contributed by atoms with Gasteiger partial charge in [0, 0.05) is 12.6 Å². The van der Waals surface area contributed by atoms with Crippen molar-refractivity contribution < 1.29 is 5.11 Å². The summed E-state index contributed by atoms with van der Waals surface area (Å²) >= 11 is 0. The van der Waals surface area contributed by atoms with Gasteiger partial charge in [-0.05, 0) is 63.0 Å². The summed E-state index contributed by atoms with van der Waals surface area (Å²) in [5, 5.41) is 13.1. The second-order valence-electron chi connectivity index (χ2n) is 6.31. The van der Waals surface area contributed by atoms with E-state index in [0.29, 0.717) is 11.2 Å². The van der Waals surface area contributed by atoms with E-state index < -0.39 is 0 Å². The van der Waals surface area contributed by atoms with Crippen LogP contribution in [-0.4, -0.2) is 36.7 Å². The number of aromatic hydroxyl groups is 1. The largest absolute Gasteiger partial charge is 0.508 e. The van der Waals surface area contributed by atoms with E-state index in [0.717, 1.165) is 12.1 Å². The van der Waals surface area contributed by atoms with Crippen molar-refractivity contribution in [3.05, 3.63) is 29.8 Å². The number of nitrogens with one attached hydrogen (secondary N) is 1. The molecule has 1 aromatic rings. The van der Waals surface area contributed by atoms with Crippen LogP contribution >= 0.6 is 0 Å². The molecule has 19 heavy (non-hydrogen) atoms. The maximum absolute atomic E-state index is 9.53. The van der Waals surface area contributed by atoms with Gasteiger partial charge in [0.05, 0.1) is 0 Å². The molecule has 3 nitrogen and oxygen atoms in total. The zero-order valence-corrected chi connectivity index (χ0v) is 12.3. The number of likely N-dealkylation sites (tertiary alicyclic amines) is 1. The molecule has 0 amide bonds. The number of phenolic OH excluding ortho intramolecular Hbond substituents is 1. The molecule has 0 radical (unpaired) electrons. The molecule has 1 aromatic carbocycles. The molecular weight excluding hydrogens is 236 g/mol. The van der Waals surface area contributed by atoms with Gasteiger partial charge in [0.25, 0.3) is 0 Å². The van der Waals surface area contributed by atoms with Crippen molar-refractivity contribution in [3.8, 4) is 5.75 Å². The van der Waals surface area contributed by atoms with Gasteiger partial charge >= 0.3 is 0 Å². The van der Waals surface area contributed by atoms with Gasteiger partial charge in [-0.3, -0.25) is 0 Å². The molecule has 3 heteroatoms. The second kappa shape index (κ2) is 5.93. The summed E-state index contributed by atoms with van der Waals surface area (Å²) in [5.74, 6) is 0.344. The van der Waals surface area contributed by atoms with Gasteiger partial charge in [-0.15, -0.1) is 0 Å². The molecule has 1 heterocycles. The molecule has 0 aromatic heterocycles. The van der Waals surface area contributed by atoms with Crippen molar-refractivity contribution in [2.24, 2.45) is 5.41 Å². The predicted octanol–water partition coefficient (Wildman–Crippen LogP) is 2.77. The fourth-order valence-corrected chi connectivity index (χ4v) is 2.65. The summed E-state index contributed by atoms with van der Waals surface area (Å²) in [4.78, 5) is 2.40. The average molecular weight is 262 g/mol. The van der Waals surface area contributed by atoms with E-state index in [9.17, 15) is 5.11 Å². The lowest BCUT2D eigenvalue weighted by Crippen LogP contribution is -2.42. The molecule has 1 fully saturated rings. The molecule has 1 aliphatic heterocycles. The number of nitrogens with zero attached hydrogens (tertiary/aromatic N) is 1. The number of phenols is 1. The molecule has 1 aliphatic rings. The maximum atomic E-state index is 9.53. The minimum Gasteiger partial charge on any atom is -0.508 e. The summed E-state index contributed by atoms with van der Waals surface area (Å²) in [6, 6.07) is 7.81. The van der Waals surface area contributed by atoms with Crippen molar-refractivity contribution >= 4 is 0 Å². The highest BCUT2D eigenvalue weighted by Crippen LogP contribution is 2.30. The quantitative estimate of drug-likeness (QED) is 0.876. The van der Waals surface area contributed by atoms with Crippen molar-refractivity contribution in [2.75, 3.05) is 26.7 Å². The smallest absolute Gasteiger partial charge is 0.115 e. The molecule has 1 atom stereocenters. The van der Waals surface area contributed by atoms with Gasteiger partial charge in [0.1, 0.15) is 5.75 Å². The lowest BCUT2D eigenvalue weighted by molar-refractivity contribution is 0.134. The Labute approximate surface area is 116 Å². The van der Waals surface area contributed by atoms with Crippen LogP contribution in [0.1, 0.15) is 38.3 Å². The topological polar surface area (TPSA) is 35.5 Å². The third kappa shape index (κ3) is 3.95. The fraction of sp³-hybridized carbons (Fsp3) is 0.625. The Kier molecular flexibility index (Phi) is 4.48. The number of piperidine rings is 1. The van der Waals surface area contributed by atoms with E-state index in [-0.39, 0.29) is 6.04 Å².